The van der Waals surface area contributed by atoms with Gasteiger partial charge in [0, 0.05) is 24.5 Å². The smallest absolute Gasteiger partial charge is 0.321 e. The number of hydrogen-bond donors (Lipinski definition) is 3. The van der Waals surface area contributed by atoms with Gasteiger partial charge in [0.15, 0.2) is 0 Å². The van der Waals surface area contributed by atoms with Crippen molar-refractivity contribution in [2.24, 2.45) is 0 Å². The van der Waals surface area contributed by atoms with Crippen LogP contribution in [0.15, 0.2) is 48.5 Å². The van der Waals surface area contributed by atoms with Crippen LogP contribution in [-0.2, 0) is 5.54 Å². The summed E-state index contributed by atoms with van der Waals surface area (Å²) in [5.41, 5.74) is 2.14. The van der Waals surface area contributed by atoms with Gasteiger partial charge in [0.05, 0.1) is 12.6 Å². The normalized spacial score (nSPS) is 17.7. The molecule has 1 aliphatic carbocycles. The summed E-state index contributed by atoms with van der Waals surface area (Å²) in [5.74, 6) is 0.800. The number of amides is 4. The Hall–Kier alpha value is -3.22. The number of anilines is 2. The van der Waals surface area contributed by atoms with Gasteiger partial charge in [-0.2, -0.15) is 0 Å². The van der Waals surface area contributed by atoms with Crippen molar-refractivity contribution in [1.82, 2.24) is 10.6 Å². The van der Waals surface area contributed by atoms with Crippen LogP contribution in [0.5, 0.6) is 5.75 Å². The number of nitrogens with zero attached hydrogens (tertiary/aromatic N) is 1. The van der Waals surface area contributed by atoms with E-state index >= 15 is 0 Å². The second kappa shape index (κ2) is 8.03. The van der Waals surface area contributed by atoms with Crippen LogP contribution in [-0.4, -0.2) is 32.3 Å². The number of ether oxygens (including phenoxy) is 1. The van der Waals surface area contributed by atoms with E-state index in [2.05, 4.69) is 16.0 Å². The third kappa shape index (κ3) is 3.99. The molecule has 2 fully saturated rings. The highest BCUT2D eigenvalue weighted by Gasteiger charge is 2.37. The zero-order valence-electron chi connectivity index (χ0n) is 16.5. The van der Waals surface area contributed by atoms with Crippen molar-refractivity contribution in [1.29, 1.82) is 0 Å². The molecule has 1 heterocycles. The molecule has 2 aromatic carbocycles. The van der Waals surface area contributed by atoms with E-state index in [0.717, 1.165) is 42.7 Å². The first-order chi connectivity index (χ1) is 14.1. The SMILES string of the molecule is COc1ccc(C2(NC(=O)Nc3cccc(N4CCNC4=O)c3)CCCC2)cc1. The van der Waals surface area contributed by atoms with Gasteiger partial charge in [0.2, 0.25) is 0 Å². The molecule has 1 saturated heterocycles. The molecule has 1 saturated carbocycles. The van der Waals surface area contributed by atoms with Crippen LogP contribution < -0.4 is 25.6 Å². The van der Waals surface area contributed by atoms with E-state index in [1.54, 1.807) is 12.0 Å². The molecule has 3 N–H and O–H groups in total. The highest BCUT2D eigenvalue weighted by Crippen LogP contribution is 2.39. The molecule has 0 radical (unpaired) electrons. The Morgan fingerprint density at radius 2 is 1.90 bits per heavy atom. The number of benzene rings is 2. The Labute approximate surface area is 170 Å². The summed E-state index contributed by atoms with van der Waals surface area (Å²) in [6.45, 7) is 1.25. The maximum atomic E-state index is 12.8. The Morgan fingerprint density at radius 1 is 1.14 bits per heavy atom. The lowest BCUT2D eigenvalue weighted by Crippen LogP contribution is -2.45. The molecule has 0 unspecified atom stereocenters. The van der Waals surface area contributed by atoms with Crippen molar-refractivity contribution in [2.75, 3.05) is 30.4 Å². The minimum absolute atomic E-state index is 0.115. The highest BCUT2D eigenvalue weighted by molar-refractivity contribution is 5.96. The van der Waals surface area contributed by atoms with E-state index in [4.69, 9.17) is 4.74 Å². The van der Waals surface area contributed by atoms with Gasteiger partial charge in [0.1, 0.15) is 5.75 Å². The standard InChI is InChI=1S/C22H26N4O3/c1-29-19-9-7-16(8-10-19)22(11-2-3-12-22)25-20(27)24-17-5-4-6-18(15-17)26-14-13-23-21(26)28/h4-10,15H,2-3,11-14H2,1H3,(H,23,28)(H2,24,25,27). The third-order valence-electron chi connectivity index (χ3n) is 5.73. The van der Waals surface area contributed by atoms with Gasteiger partial charge in [-0.3, -0.25) is 4.90 Å². The zero-order valence-corrected chi connectivity index (χ0v) is 16.5. The summed E-state index contributed by atoms with van der Waals surface area (Å²) in [7, 11) is 1.64. The molecule has 7 heteroatoms. The molecule has 2 aromatic rings. The molecule has 0 bridgehead atoms. The number of methoxy groups -OCH3 is 1. The van der Waals surface area contributed by atoms with E-state index in [-0.39, 0.29) is 17.6 Å². The molecule has 0 atom stereocenters. The summed E-state index contributed by atoms with van der Waals surface area (Å²) in [4.78, 5) is 26.4. The molecule has 29 heavy (non-hydrogen) atoms. The molecule has 4 amide bonds. The van der Waals surface area contributed by atoms with E-state index in [1.165, 1.54) is 0 Å². The molecule has 152 valence electrons. The van der Waals surface area contributed by atoms with E-state index in [0.29, 0.717) is 18.8 Å². The molecule has 0 aromatic heterocycles. The minimum atomic E-state index is -0.372. The summed E-state index contributed by atoms with van der Waals surface area (Å²) in [6, 6.07) is 14.9. The summed E-state index contributed by atoms with van der Waals surface area (Å²) in [5, 5.41) is 8.93. The maximum Gasteiger partial charge on any atom is 0.321 e. The van der Waals surface area contributed by atoms with Gasteiger partial charge in [0.25, 0.3) is 0 Å². The first kappa shape index (κ1) is 19.1. The monoisotopic (exact) mass is 394 g/mol. The molecule has 7 nitrogen and oxygen atoms in total. The summed E-state index contributed by atoms with van der Waals surface area (Å²) >= 11 is 0. The van der Waals surface area contributed by atoms with Gasteiger partial charge < -0.3 is 20.7 Å². The number of hydrogen-bond acceptors (Lipinski definition) is 3. The largest absolute Gasteiger partial charge is 0.497 e. The maximum absolute atomic E-state index is 12.8. The number of carbonyl (C=O) groups is 2. The average Bonchev–Trinajstić information content (AvgIpc) is 3.38. The van der Waals surface area contributed by atoms with E-state index in [9.17, 15) is 9.59 Å². The lowest BCUT2D eigenvalue weighted by Gasteiger charge is -2.31. The van der Waals surface area contributed by atoms with Crippen molar-refractivity contribution in [3.8, 4) is 5.75 Å². The number of nitrogens with one attached hydrogen (secondary N) is 3. The second-order valence-electron chi connectivity index (χ2n) is 7.53. The zero-order chi connectivity index (χ0) is 20.3. The van der Waals surface area contributed by atoms with E-state index < -0.39 is 0 Å². The average molecular weight is 394 g/mol. The summed E-state index contributed by atoms with van der Waals surface area (Å²) in [6.07, 6.45) is 3.96. The van der Waals surface area contributed by atoms with Crippen LogP contribution >= 0.6 is 0 Å². The van der Waals surface area contributed by atoms with Crippen molar-refractivity contribution in [3.05, 3.63) is 54.1 Å². The first-order valence-electron chi connectivity index (χ1n) is 9.99. The van der Waals surface area contributed by atoms with Gasteiger partial charge in [-0.15, -0.1) is 0 Å². The lowest BCUT2D eigenvalue weighted by atomic mass is 9.88. The van der Waals surface area contributed by atoms with Crippen molar-refractivity contribution < 1.29 is 14.3 Å². The first-order valence-corrected chi connectivity index (χ1v) is 9.99. The second-order valence-corrected chi connectivity index (χ2v) is 7.53. The Morgan fingerprint density at radius 3 is 2.55 bits per heavy atom. The van der Waals surface area contributed by atoms with Crippen molar-refractivity contribution in [3.63, 3.8) is 0 Å². The van der Waals surface area contributed by atoms with Crippen LogP contribution in [0.2, 0.25) is 0 Å². The quantitative estimate of drug-likeness (QED) is 0.721. The molecule has 0 spiro atoms. The van der Waals surface area contributed by atoms with Gasteiger partial charge >= 0.3 is 12.1 Å². The van der Waals surface area contributed by atoms with Gasteiger partial charge in [-0.1, -0.05) is 31.0 Å². The predicted molar refractivity (Wildman–Crippen MR) is 112 cm³/mol. The van der Waals surface area contributed by atoms with Crippen LogP contribution in [0.25, 0.3) is 0 Å². The third-order valence-corrected chi connectivity index (χ3v) is 5.73. The number of rotatable bonds is 5. The summed E-state index contributed by atoms with van der Waals surface area (Å²) < 4.78 is 5.25. The molecular weight excluding hydrogens is 368 g/mol. The minimum Gasteiger partial charge on any atom is -0.497 e. The topological polar surface area (TPSA) is 82.7 Å². The fourth-order valence-corrected chi connectivity index (χ4v) is 4.22. The van der Waals surface area contributed by atoms with Crippen LogP contribution in [0.4, 0.5) is 21.0 Å². The fourth-order valence-electron chi connectivity index (χ4n) is 4.22. The van der Waals surface area contributed by atoms with Gasteiger partial charge in [-0.25, -0.2) is 9.59 Å². The molecule has 4 rings (SSSR count). The molecular formula is C22H26N4O3. The van der Waals surface area contributed by atoms with Crippen LogP contribution in [0.3, 0.4) is 0 Å². The van der Waals surface area contributed by atoms with Crippen molar-refractivity contribution in [2.45, 2.75) is 31.2 Å². The number of carbonyl (C=O) groups excluding carboxylic acids is 2. The molecule has 2 aliphatic rings. The number of urea groups is 2. The van der Waals surface area contributed by atoms with E-state index in [1.807, 2.05) is 48.5 Å². The van der Waals surface area contributed by atoms with Crippen LogP contribution in [0, 0.1) is 0 Å². The predicted octanol–water partition coefficient (Wildman–Crippen LogP) is 3.82. The Balaban J connectivity index is 1.48. The van der Waals surface area contributed by atoms with Crippen LogP contribution in [0.1, 0.15) is 31.2 Å². The molecule has 1 aliphatic heterocycles. The van der Waals surface area contributed by atoms with Crippen molar-refractivity contribution >= 4 is 23.4 Å². The fraction of sp³-hybridized carbons (Fsp3) is 0.364. The highest BCUT2D eigenvalue weighted by atomic mass is 16.5. The Bertz CT molecular complexity index is 891. The van der Waals surface area contributed by atoms with Gasteiger partial charge in [-0.05, 0) is 48.7 Å². The lowest BCUT2D eigenvalue weighted by molar-refractivity contribution is 0.236. The Kier molecular flexibility index (Phi) is 5.29.